The zero-order valence-corrected chi connectivity index (χ0v) is 14.8. The second-order valence-corrected chi connectivity index (χ2v) is 7.45. The van der Waals surface area contributed by atoms with Gasteiger partial charge in [-0.15, -0.1) is 11.8 Å². The lowest BCUT2D eigenvalue weighted by Crippen LogP contribution is -2.48. The Morgan fingerprint density at radius 1 is 1.19 bits per heavy atom. The van der Waals surface area contributed by atoms with E-state index in [9.17, 15) is 23.9 Å². The predicted molar refractivity (Wildman–Crippen MR) is 96.0 cm³/mol. The molecule has 0 aliphatic carbocycles. The van der Waals surface area contributed by atoms with Crippen molar-refractivity contribution in [3.63, 3.8) is 0 Å². The molecule has 1 N–H and O–H groups in total. The number of amides is 1. The van der Waals surface area contributed by atoms with E-state index in [-0.39, 0.29) is 18.1 Å². The number of hydrogen-bond donors (Lipinski definition) is 1. The second-order valence-electron chi connectivity index (χ2n) is 6.48. The summed E-state index contributed by atoms with van der Waals surface area (Å²) in [7, 11) is 0. The number of halogens is 2. The van der Waals surface area contributed by atoms with E-state index < -0.39 is 23.3 Å². The Balaban J connectivity index is 1.81. The SMILES string of the molecule is N#CC1=C2SC[C@@](O)(c3ccc(F)cc3)N2C(=O)C[C@H]1c1cccc(F)c1. The molecule has 1 fully saturated rings. The van der Waals surface area contributed by atoms with Crippen molar-refractivity contribution in [3.05, 3.63) is 81.9 Å². The smallest absolute Gasteiger partial charge is 0.231 e. The largest absolute Gasteiger partial charge is 0.366 e. The van der Waals surface area contributed by atoms with Crippen LogP contribution in [0.2, 0.25) is 0 Å². The third-order valence-corrected chi connectivity index (χ3v) is 6.09. The molecule has 0 aromatic heterocycles. The molecule has 0 bridgehead atoms. The van der Waals surface area contributed by atoms with Crippen molar-refractivity contribution in [2.24, 2.45) is 0 Å². The van der Waals surface area contributed by atoms with E-state index >= 15 is 0 Å². The fraction of sp³-hybridized carbons (Fsp3) is 0.200. The van der Waals surface area contributed by atoms with Gasteiger partial charge in [0.1, 0.15) is 11.6 Å². The molecule has 0 radical (unpaired) electrons. The Bertz CT molecular complexity index is 1000. The van der Waals surface area contributed by atoms with E-state index in [0.29, 0.717) is 21.7 Å². The molecule has 2 aliphatic heterocycles. The highest BCUT2D eigenvalue weighted by Gasteiger charge is 2.51. The van der Waals surface area contributed by atoms with Gasteiger partial charge in [0.05, 0.1) is 22.4 Å². The standard InChI is InChI=1S/C20H14F2N2O2S/c21-14-6-4-13(5-7-14)20(26)11-27-19-17(10-23)16(9-18(25)24(19)20)12-2-1-3-15(22)8-12/h1-8,16,26H,9,11H2/t16-,20+/m0/s1. The Morgan fingerprint density at radius 3 is 2.59 bits per heavy atom. The first-order valence-electron chi connectivity index (χ1n) is 8.28. The number of allylic oxidation sites excluding steroid dienone is 1. The number of hydrogen-bond acceptors (Lipinski definition) is 4. The normalized spacial score (nSPS) is 24.7. The summed E-state index contributed by atoms with van der Waals surface area (Å²) in [5, 5.41) is 21.3. The molecular formula is C20H14F2N2O2S. The molecule has 4 rings (SSSR count). The van der Waals surface area contributed by atoms with Gasteiger partial charge in [0, 0.05) is 17.9 Å². The van der Waals surface area contributed by atoms with Crippen molar-refractivity contribution >= 4 is 17.7 Å². The monoisotopic (exact) mass is 384 g/mol. The van der Waals surface area contributed by atoms with E-state index in [2.05, 4.69) is 6.07 Å². The Hall–Kier alpha value is -2.69. The fourth-order valence-electron chi connectivity index (χ4n) is 3.56. The summed E-state index contributed by atoms with van der Waals surface area (Å²) in [5.74, 6) is -1.69. The zero-order chi connectivity index (χ0) is 19.2. The number of aliphatic hydroxyl groups is 1. The lowest BCUT2D eigenvalue weighted by molar-refractivity contribution is -0.149. The van der Waals surface area contributed by atoms with Crippen LogP contribution in [0.15, 0.2) is 59.1 Å². The van der Waals surface area contributed by atoms with Gasteiger partial charge in [-0.1, -0.05) is 24.3 Å². The maximum Gasteiger partial charge on any atom is 0.231 e. The highest BCUT2D eigenvalue weighted by molar-refractivity contribution is 8.03. The lowest BCUT2D eigenvalue weighted by Gasteiger charge is -2.38. The van der Waals surface area contributed by atoms with E-state index in [4.69, 9.17) is 0 Å². The molecule has 0 spiro atoms. The van der Waals surface area contributed by atoms with Gasteiger partial charge in [-0.05, 0) is 29.8 Å². The van der Waals surface area contributed by atoms with E-state index in [1.165, 1.54) is 59.1 Å². The summed E-state index contributed by atoms with van der Waals surface area (Å²) in [6.45, 7) is 0. The number of carbonyl (C=O) groups excluding carboxylic acids is 1. The number of thioether (sulfide) groups is 1. The molecule has 2 aromatic carbocycles. The van der Waals surface area contributed by atoms with Gasteiger partial charge in [-0.3, -0.25) is 9.69 Å². The van der Waals surface area contributed by atoms with Gasteiger partial charge >= 0.3 is 0 Å². The van der Waals surface area contributed by atoms with Crippen molar-refractivity contribution in [3.8, 4) is 6.07 Å². The number of fused-ring (bicyclic) bond motifs is 1. The minimum atomic E-state index is -1.65. The van der Waals surface area contributed by atoms with Crippen molar-refractivity contribution in [1.29, 1.82) is 5.26 Å². The van der Waals surface area contributed by atoms with Crippen LogP contribution in [0.3, 0.4) is 0 Å². The molecule has 27 heavy (non-hydrogen) atoms. The Morgan fingerprint density at radius 2 is 1.93 bits per heavy atom. The van der Waals surface area contributed by atoms with Crippen LogP contribution in [-0.4, -0.2) is 21.7 Å². The summed E-state index contributed by atoms with van der Waals surface area (Å²) in [6, 6.07) is 13.3. The third-order valence-electron chi connectivity index (χ3n) is 4.87. The summed E-state index contributed by atoms with van der Waals surface area (Å²) in [5.41, 5.74) is -0.408. The number of nitriles is 1. The van der Waals surface area contributed by atoms with Crippen molar-refractivity contribution < 1.29 is 18.7 Å². The summed E-state index contributed by atoms with van der Waals surface area (Å²) in [6.07, 6.45) is -0.0556. The van der Waals surface area contributed by atoms with Crippen LogP contribution in [0.4, 0.5) is 8.78 Å². The summed E-state index contributed by atoms with van der Waals surface area (Å²) >= 11 is 1.20. The maximum absolute atomic E-state index is 13.6. The predicted octanol–water partition coefficient (Wildman–Crippen LogP) is 3.61. The van der Waals surface area contributed by atoms with Crippen LogP contribution in [-0.2, 0) is 10.5 Å². The second kappa shape index (κ2) is 6.48. The van der Waals surface area contributed by atoms with Crippen LogP contribution in [0.25, 0.3) is 0 Å². The first-order valence-corrected chi connectivity index (χ1v) is 9.26. The van der Waals surface area contributed by atoms with Crippen LogP contribution < -0.4 is 0 Å². The van der Waals surface area contributed by atoms with Crippen molar-refractivity contribution in [1.82, 2.24) is 4.90 Å². The molecule has 2 aliphatic rings. The fourth-order valence-corrected chi connectivity index (χ4v) is 4.92. The summed E-state index contributed by atoms with van der Waals surface area (Å²) < 4.78 is 26.9. The first-order chi connectivity index (χ1) is 12.9. The molecule has 1 saturated heterocycles. The molecule has 2 atom stereocenters. The average molecular weight is 384 g/mol. The molecule has 1 amide bonds. The number of rotatable bonds is 2. The molecule has 136 valence electrons. The average Bonchev–Trinajstić information content (AvgIpc) is 3.01. The number of nitrogens with zero attached hydrogens (tertiary/aromatic N) is 2. The van der Waals surface area contributed by atoms with Crippen LogP contribution in [0, 0.1) is 23.0 Å². The topological polar surface area (TPSA) is 64.3 Å². The number of carbonyl (C=O) groups is 1. The quantitative estimate of drug-likeness (QED) is 0.859. The molecular weight excluding hydrogens is 370 g/mol. The van der Waals surface area contributed by atoms with E-state index in [1.54, 1.807) is 6.07 Å². The maximum atomic E-state index is 13.6. The van der Waals surface area contributed by atoms with Crippen LogP contribution in [0.1, 0.15) is 23.5 Å². The minimum Gasteiger partial charge on any atom is -0.366 e. The number of benzene rings is 2. The zero-order valence-electron chi connectivity index (χ0n) is 14.0. The van der Waals surface area contributed by atoms with Gasteiger partial charge in [0.2, 0.25) is 5.91 Å². The lowest BCUT2D eigenvalue weighted by atomic mass is 9.85. The van der Waals surface area contributed by atoms with Gasteiger partial charge in [0.25, 0.3) is 0 Å². The van der Waals surface area contributed by atoms with Crippen LogP contribution >= 0.6 is 11.8 Å². The molecule has 0 unspecified atom stereocenters. The summed E-state index contributed by atoms with van der Waals surface area (Å²) in [4.78, 5) is 14.1. The molecule has 7 heteroatoms. The van der Waals surface area contributed by atoms with Gasteiger partial charge in [0.15, 0.2) is 5.72 Å². The van der Waals surface area contributed by atoms with E-state index in [1.807, 2.05) is 0 Å². The molecule has 2 aromatic rings. The molecule has 2 heterocycles. The Labute approximate surface area is 158 Å². The third kappa shape index (κ3) is 2.82. The van der Waals surface area contributed by atoms with Crippen molar-refractivity contribution in [2.75, 3.05) is 5.75 Å². The molecule has 0 saturated carbocycles. The minimum absolute atomic E-state index is 0.0556. The van der Waals surface area contributed by atoms with Crippen molar-refractivity contribution in [2.45, 2.75) is 18.1 Å². The molecule has 4 nitrogen and oxygen atoms in total. The van der Waals surface area contributed by atoms with Gasteiger partial charge in [-0.2, -0.15) is 5.26 Å². The first kappa shape index (κ1) is 17.7. The van der Waals surface area contributed by atoms with Gasteiger partial charge in [-0.25, -0.2) is 8.78 Å². The highest BCUT2D eigenvalue weighted by Crippen LogP contribution is 2.51. The van der Waals surface area contributed by atoms with Crippen LogP contribution in [0.5, 0.6) is 0 Å². The Kier molecular flexibility index (Phi) is 4.25. The van der Waals surface area contributed by atoms with Gasteiger partial charge < -0.3 is 5.11 Å². The highest BCUT2D eigenvalue weighted by atomic mass is 32.2. The van der Waals surface area contributed by atoms with E-state index in [0.717, 1.165) is 0 Å².